The Morgan fingerprint density at radius 3 is 2.35 bits per heavy atom. The Balaban J connectivity index is 1.24. The third kappa shape index (κ3) is 4.78. The molecule has 3 aromatic carbocycles. The van der Waals surface area contributed by atoms with Crippen molar-refractivity contribution in [1.29, 1.82) is 0 Å². The van der Waals surface area contributed by atoms with Crippen LogP contribution in [-0.4, -0.2) is 20.5 Å². The van der Waals surface area contributed by atoms with Crippen molar-refractivity contribution in [2.45, 2.75) is 25.3 Å². The predicted octanol–water partition coefficient (Wildman–Crippen LogP) is 6.23. The number of halogens is 2. The minimum absolute atomic E-state index is 0.171. The van der Waals surface area contributed by atoms with Gasteiger partial charge in [-0.3, -0.25) is 4.79 Å². The summed E-state index contributed by atoms with van der Waals surface area (Å²) in [6.07, 6.45) is 2.29. The number of aromatic nitrogens is 3. The van der Waals surface area contributed by atoms with Gasteiger partial charge in [-0.1, -0.05) is 36.4 Å². The second-order valence-corrected chi connectivity index (χ2v) is 9.09. The van der Waals surface area contributed by atoms with E-state index in [0.29, 0.717) is 11.5 Å². The highest BCUT2D eigenvalue weighted by Gasteiger charge is 2.27. The zero-order valence-electron chi connectivity index (χ0n) is 19.8. The molecule has 5 aromatic rings. The second-order valence-electron chi connectivity index (χ2n) is 9.09. The molecule has 6 rings (SSSR count). The number of hydrogen-bond acceptors (Lipinski definition) is 4. The summed E-state index contributed by atoms with van der Waals surface area (Å²) in [6.45, 7) is -0.239. The summed E-state index contributed by atoms with van der Waals surface area (Å²) < 4.78 is 29.5. The smallest absolute Gasteiger partial charge is 0.251 e. The Labute approximate surface area is 212 Å². The average molecular weight is 496 g/mol. The number of carbonyl (C=O) groups excluding carboxylic acids is 1. The van der Waals surface area contributed by atoms with E-state index in [0.717, 1.165) is 59.1 Å². The lowest BCUT2D eigenvalue weighted by Gasteiger charge is -2.12. The SMILES string of the molecule is O=C(NCc1c(F)cccc1F)c1ccc(Nc2cc(-c3ccccc3)nc3cc(C4CC4)nn23)cc1. The van der Waals surface area contributed by atoms with Crippen molar-refractivity contribution in [3.63, 3.8) is 0 Å². The first-order valence-corrected chi connectivity index (χ1v) is 12.1. The molecular weight excluding hydrogens is 472 g/mol. The fraction of sp³-hybridized carbons (Fsp3) is 0.138. The van der Waals surface area contributed by atoms with Crippen molar-refractivity contribution < 1.29 is 13.6 Å². The third-order valence-corrected chi connectivity index (χ3v) is 6.42. The van der Waals surface area contributed by atoms with Gasteiger partial charge in [0.2, 0.25) is 0 Å². The summed E-state index contributed by atoms with van der Waals surface area (Å²) in [4.78, 5) is 17.4. The number of hydrogen-bond donors (Lipinski definition) is 2. The molecule has 0 bridgehead atoms. The maximum absolute atomic E-state index is 13.8. The molecule has 0 saturated heterocycles. The van der Waals surface area contributed by atoms with Gasteiger partial charge < -0.3 is 10.6 Å². The highest BCUT2D eigenvalue weighted by molar-refractivity contribution is 5.94. The van der Waals surface area contributed by atoms with Crippen LogP contribution in [0.4, 0.5) is 20.3 Å². The number of fused-ring (bicyclic) bond motifs is 1. The first kappa shape index (κ1) is 22.8. The molecule has 2 N–H and O–H groups in total. The van der Waals surface area contributed by atoms with Gasteiger partial charge in [0.25, 0.3) is 5.91 Å². The summed E-state index contributed by atoms with van der Waals surface area (Å²) in [5, 5.41) is 10.8. The molecule has 1 amide bonds. The van der Waals surface area contributed by atoms with Crippen molar-refractivity contribution >= 4 is 23.1 Å². The molecule has 0 unspecified atom stereocenters. The summed E-state index contributed by atoms with van der Waals surface area (Å²) >= 11 is 0. The van der Waals surface area contributed by atoms with Gasteiger partial charge in [0.05, 0.1) is 11.4 Å². The number of rotatable bonds is 7. The Morgan fingerprint density at radius 1 is 0.919 bits per heavy atom. The molecule has 1 aliphatic rings. The average Bonchev–Trinajstić information content (AvgIpc) is 3.68. The number of carbonyl (C=O) groups is 1. The largest absolute Gasteiger partial charge is 0.348 e. The Morgan fingerprint density at radius 2 is 1.65 bits per heavy atom. The van der Waals surface area contributed by atoms with Crippen LogP contribution in [0.1, 0.15) is 40.4 Å². The van der Waals surface area contributed by atoms with Crippen molar-refractivity contribution in [1.82, 2.24) is 19.9 Å². The van der Waals surface area contributed by atoms with E-state index < -0.39 is 17.5 Å². The first-order chi connectivity index (χ1) is 18.0. The van der Waals surface area contributed by atoms with Gasteiger partial charge in [0, 0.05) is 47.0 Å². The second kappa shape index (κ2) is 9.46. The molecule has 1 saturated carbocycles. The molecule has 184 valence electrons. The standard InChI is InChI=1S/C29H23F2N5O/c30-23-7-4-8-24(31)22(23)17-32-29(37)20-11-13-21(14-12-20)33-27-15-25(18-5-2-1-3-6-18)34-28-16-26(19-9-10-19)35-36(27)28/h1-8,11-16,19,33H,9-10,17H2,(H,32,37). The Hall–Kier alpha value is -4.59. The fourth-order valence-corrected chi connectivity index (χ4v) is 4.24. The maximum Gasteiger partial charge on any atom is 0.251 e. The minimum Gasteiger partial charge on any atom is -0.348 e. The topological polar surface area (TPSA) is 71.3 Å². The Kier molecular flexibility index (Phi) is 5.84. The van der Waals surface area contributed by atoms with Crippen LogP contribution < -0.4 is 10.6 Å². The number of nitrogens with one attached hydrogen (secondary N) is 2. The lowest BCUT2D eigenvalue weighted by molar-refractivity contribution is 0.0950. The summed E-state index contributed by atoms with van der Waals surface area (Å²) in [6, 6.07) is 24.4. The number of anilines is 2. The van der Waals surface area contributed by atoms with Gasteiger partial charge in [-0.25, -0.2) is 13.8 Å². The molecule has 2 heterocycles. The van der Waals surface area contributed by atoms with Crippen LogP contribution in [0.25, 0.3) is 16.9 Å². The van der Waals surface area contributed by atoms with E-state index in [1.807, 2.05) is 47.0 Å². The zero-order valence-corrected chi connectivity index (χ0v) is 19.8. The lowest BCUT2D eigenvalue weighted by Crippen LogP contribution is -2.23. The van der Waals surface area contributed by atoms with Crippen LogP contribution >= 0.6 is 0 Å². The molecular formula is C29H23F2N5O. The fourth-order valence-electron chi connectivity index (χ4n) is 4.24. The van der Waals surface area contributed by atoms with E-state index in [-0.39, 0.29) is 12.1 Å². The molecule has 37 heavy (non-hydrogen) atoms. The summed E-state index contributed by atoms with van der Waals surface area (Å²) in [5.74, 6) is -0.565. The predicted molar refractivity (Wildman–Crippen MR) is 138 cm³/mol. The van der Waals surface area contributed by atoms with E-state index in [2.05, 4.69) is 10.6 Å². The first-order valence-electron chi connectivity index (χ1n) is 12.1. The molecule has 6 nitrogen and oxygen atoms in total. The van der Waals surface area contributed by atoms with Crippen molar-refractivity contribution in [2.75, 3.05) is 5.32 Å². The summed E-state index contributed by atoms with van der Waals surface area (Å²) in [7, 11) is 0. The van der Waals surface area contributed by atoms with Crippen molar-refractivity contribution in [3.05, 3.63) is 113 Å². The van der Waals surface area contributed by atoms with E-state index in [4.69, 9.17) is 10.1 Å². The van der Waals surface area contributed by atoms with Crippen molar-refractivity contribution in [2.24, 2.45) is 0 Å². The quantitative estimate of drug-likeness (QED) is 0.281. The van der Waals surface area contributed by atoms with E-state index >= 15 is 0 Å². The molecule has 1 aliphatic carbocycles. The van der Waals surface area contributed by atoms with Gasteiger partial charge in [-0.15, -0.1) is 0 Å². The van der Waals surface area contributed by atoms with Crippen LogP contribution in [0.15, 0.2) is 84.9 Å². The lowest BCUT2D eigenvalue weighted by atomic mass is 10.1. The van der Waals surface area contributed by atoms with E-state index in [9.17, 15) is 13.6 Å². The third-order valence-electron chi connectivity index (χ3n) is 6.42. The molecule has 0 atom stereocenters. The van der Waals surface area contributed by atoms with Gasteiger partial charge in [-0.05, 0) is 49.2 Å². The highest BCUT2D eigenvalue weighted by Crippen LogP contribution is 2.40. The summed E-state index contributed by atoms with van der Waals surface area (Å²) in [5.41, 5.74) is 4.60. The molecule has 0 aliphatic heterocycles. The molecule has 2 aromatic heterocycles. The van der Waals surface area contributed by atoms with Gasteiger partial charge in [0.15, 0.2) is 5.65 Å². The van der Waals surface area contributed by atoms with Crippen LogP contribution in [0.2, 0.25) is 0 Å². The number of benzene rings is 3. The number of amides is 1. The zero-order chi connectivity index (χ0) is 25.4. The van der Waals surface area contributed by atoms with E-state index in [1.54, 1.807) is 24.3 Å². The molecule has 0 radical (unpaired) electrons. The molecule has 8 heteroatoms. The normalized spacial score (nSPS) is 13.0. The molecule has 0 spiro atoms. The number of nitrogens with zero attached hydrogens (tertiary/aromatic N) is 3. The maximum atomic E-state index is 13.8. The van der Waals surface area contributed by atoms with Crippen molar-refractivity contribution in [3.8, 4) is 11.3 Å². The van der Waals surface area contributed by atoms with Gasteiger partial charge >= 0.3 is 0 Å². The van der Waals surface area contributed by atoms with Gasteiger partial charge in [-0.2, -0.15) is 9.61 Å². The van der Waals surface area contributed by atoms with Crippen LogP contribution in [0, 0.1) is 11.6 Å². The van der Waals surface area contributed by atoms with E-state index in [1.165, 1.54) is 6.07 Å². The minimum atomic E-state index is -0.693. The highest BCUT2D eigenvalue weighted by atomic mass is 19.1. The van der Waals surface area contributed by atoms with Crippen LogP contribution in [-0.2, 0) is 6.54 Å². The van der Waals surface area contributed by atoms with Crippen LogP contribution in [0.3, 0.4) is 0 Å². The van der Waals surface area contributed by atoms with Crippen LogP contribution in [0.5, 0.6) is 0 Å². The van der Waals surface area contributed by atoms with Gasteiger partial charge in [0.1, 0.15) is 17.5 Å². The Bertz CT molecular complexity index is 1570. The molecule has 1 fully saturated rings. The monoisotopic (exact) mass is 495 g/mol.